The zero-order valence-corrected chi connectivity index (χ0v) is 14.8. The van der Waals surface area contributed by atoms with E-state index in [1.165, 1.54) is 5.56 Å². The van der Waals surface area contributed by atoms with Crippen LogP contribution in [-0.4, -0.2) is 40.9 Å². The molecule has 0 bridgehead atoms. The van der Waals surface area contributed by atoms with Crippen LogP contribution in [0, 0.1) is 5.82 Å². The van der Waals surface area contributed by atoms with Crippen molar-refractivity contribution >= 4 is 5.69 Å². The smallest absolute Gasteiger partial charge is 0.123 e. The molecule has 0 radical (unpaired) electrons. The van der Waals surface area contributed by atoms with Gasteiger partial charge in [0.25, 0.3) is 0 Å². The first-order chi connectivity index (χ1) is 12.8. The molecule has 5 heteroatoms. The van der Waals surface area contributed by atoms with Gasteiger partial charge in [-0.2, -0.15) is 5.10 Å². The van der Waals surface area contributed by atoms with Gasteiger partial charge in [-0.3, -0.25) is 4.90 Å². The number of nitrogens with zero attached hydrogens (tertiary/aromatic N) is 4. The molecule has 0 spiro atoms. The Labute approximate surface area is 153 Å². The van der Waals surface area contributed by atoms with E-state index in [9.17, 15) is 4.39 Å². The number of rotatable bonds is 4. The van der Waals surface area contributed by atoms with Crippen LogP contribution in [0.5, 0.6) is 0 Å². The molecule has 1 fully saturated rings. The summed E-state index contributed by atoms with van der Waals surface area (Å²) in [5.74, 6) is -0.177. The molecule has 0 saturated carbocycles. The maximum absolute atomic E-state index is 13.1. The Morgan fingerprint density at radius 3 is 2.35 bits per heavy atom. The second-order valence-corrected chi connectivity index (χ2v) is 6.71. The molecule has 134 valence electrons. The highest BCUT2D eigenvalue weighted by atomic mass is 19.1. The summed E-state index contributed by atoms with van der Waals surface area (Å²) in [7, 11) is 0. The summed E-state index contributed by atoms with van der Waals surface area (Å²) in [5.41, 5.74) is 3.50. The van der Waals surface area contributed by atoms with Crippen molar-refractivity contribution in [2.45, 2.75) is 13.0 Å². The number of aromatic nitrogens is 2. The first-order valence-corrected chi connectivity index (χ1v) is 9.10. The van der Waals surface area contributed by atoms with E-state index in [1.54, 1.807) is 18.3 Å². The summed E-state index contributed by atoms with van der Waals surface area (Å²) in [6.07, 6.45) is 4.86. The van der Waals surface area contributed by atoms with Crippen molar-refractivity contribution in [3.05, 3.63) is 78.4 Å². The van der Waals surface area contributed by atoms with Crippen molar-refractivity contribution in [2.75, 3.05) is 31.1 Å². The highest BCUT2D eigenvalue weighted by Gasteiger charge is 2.15. The van der Waals surface area contributed by atoms with Gasteiger partial charge in [0.2, 0.25) is 0 Å². The van der Waals surface area contributed by atoms with E-state index in [-0.39, 0.29) is 5.82 Å². The topological polar surface area (TPSA) is 24.3 Å². The molecular formula is C21H23FN4. The lowest BCUT2D eigenvalue weighted by Crippen LogP contribution is -2.30. The predicted octanol–water partition coefficient (Wildman–Crippen LogP) is 3.72. The zero-order chi connectivity index (χ0) is 17.8. The van der Waals surface area contributed by atoms with E-state index in [2.05, 4.69) is 39.2 Å². The third-order valence-corrected chi connectivity index (χ3v) is 4.89. The fourth-order valence-electron chi connectivity index (χ4n) is 3.47. The molecule has 1 aliphatic heterocycles. The average Bonchev–Trinajstić information content (AvgIpc) is 3.11. The highest BCUT2D eigenvalue weighted by Crippen LogP contribution is 2.18. The monoisotopic (exact) mass is 350 g/mol. The molecule has 4 rings (SSSR count). The van der Waals surface area contributed by atoms with Crippen molar-refractivity contribution in [3.8, 4) is 5.69 Å². The van der Waals surface area contributed by atoms with E-state index < -0.39 is 0 Å². The molecule has 2 heterocycles. The standard InChI is InChI=1S/C21H23FN4/c22-19-5-9-20(10-6-19)25-13-2-12-24(15-16-25)17-18-3-7-21(8-4-18)26-14-1-11-23-26/h1,3-11,14H,2,12-13,15-17H2. The Bertz CT molecular complexity index is 812. The van der Waals surface area contributed by atoms with E-state index in [0.29, 0.717) is 0 Å². The van der Waals surface area contributed by atoms with Gasteiger partial charge in [0.05, 0.1) is 5.69 Å². The molecule has 0 aliphatic carbocycles. The van der Waals surface area contributed by atoms with E-state index in [4.69, 9.17) is 0 Å². The minimum atomic E-state index is -0.177. The molecule has 0 amide bonds. The lowest BCUT2D eigenvalue weighted by molar-refractivity contribution is 0.285. The maximum Gasteiger partial charge on any atom is 0.123 e. The van der Waals surface area contributed by atoms with Gasteiger partial charge < -0.3 is 4.90 Å². The summed E-state index contributed by atoms with van der Waals surface area (Å²) in [5, 5.41) is 4.26. The van der Waals surface area contributed by atoms with Gasteiger partial charge in [-0.05, 0) is 54.4 Å². The normalized spacial score (nSPS) is 15.8. The SMILES string of the molecule is Fc1ccc(N2CCCN(Cc3ccc(-n4cccn4)cc3)CC2)cc1. The zero-order valence-electron chi connectivity index (χ0n) is 14.8. The summed E-state index contributed by atoms with van der Waals surface area (Å²) in [6.45, 7) is 5.03. The number of halogens is 1. The fraction of sp³-hybridized carbons (Fsp3) is 0.286. The Hall–Kier alpha value is -2.66. The first-order valence-electron chi connectivity index (χ1n) is 9.10. The quantitative estimate of drug-likeness (QED) is 0.717. The van der Waals surface area contributed by atoms with Crippen molar-refractivity contribution in [3.63, 3.8) is 0 Å². The van der Waals surface area contributed by atoms with Crippen LogP contribution >= 0.6 is 0 Å². The van der Waals surface area contributed by atoms with Gasteiger partial charge in [-0.15, -0.1) is 0 Å². The molecule has 4 nitrogen and oxygen atoms in total. The number of hydrogen-bond acceptors (Lipinski definition) is 3. The minimum Gasteiger partial charge on any atom is -0.370 e. The third kappa shape index (κ3) is 3.94. The average molecular weight is 350 g/mol. The van der Waals surface area contributed by atoms with Crippen LogP contribution in [0.4, 0.5) is 10.1 Å². The molecule has 3 aromatic rings. The van der Waals surface area contributed by atoms with Crippen molar-refractivity contribution in [1.82, 2.24) is 14.7 Å². The van der Waals surface area contributed by atoms with E-state index in [0.717, 1.165) is 50.5 Å². The van der Waals surface area contributed by atoms with E-state index in [1.807, 2.05) is 29.1 Å². The summed E-state index contributed by atoms with van der Waals surface area (Å²) in [6, 6.07) is 17.4. The molecular weight excluding hydrogens is 327 g/mol. The molecule has 1 saturated heterocycles. The Morgan fingerprint density at radius 1 is 0.846 bits per heavy atom. The summed E-state index contributed by atoms with van der Waals surface area (Å²) in [4.78, 5) is 4.84. The molecule has 0 atom stereocenters. The summed E-state index contributed by atoms with van der Waals surface area (Å²) >= 11 is 0. The van der Waals surface area contributed by atoms with Crippen LogP contribution in [0.3, 0.4) is 0 Å². The largest absolute Gasteiger partial charge is 0.370 e. The van der Waals surface area contributed by atoms with Gasteiger partial charge in [0.1, 0.15) is 5.82 Å². The van der Waals surface area contributed by atoms with Crippen LogP contribution in [0.15, 0.2) is 67.0 Å². The predicted molar refractivity (Wildman–Crippen MR) is 102 cm³/mol. The molecule has 26 heavy (non-hydrogen) atoms. The van der Waals surface area contributed by atoms with Gasteiger partial charge in [-0.1, -0.05) is 12.1 Å². The Morgan fingerprint density at radius 2 is 1.62 bits per heavy atom. The molecule has 1 aliphatic rings. The number of hydrogen-bond donors (Lipinski definition) is 0. The van der Waals surface area contributed by atoms with Crippen LogP contribution in [0.2, 0.25) is 0 Å². The van der Waals surface area contributed by atoms with E-state index >= 15 is 0 Å². The van der Waals surface area contributed by atoms with Crippen LogP contribution in [-0.2, 0) is 6.54 Å². The Kier molecular flexibility index (Phi) is 4.97. The molecule has 0 N–H and O–H groups in total. The second kappa shape index (κ2) is 7.70. The van der Waals surface area contributed by atoms with Crippen molar-refractivity contribution < 1.29 is 4.39 Å². The number of benzene rings is 2. The molecule has 2 aromatic carbocycles. The molecule has 1 aromatic heterocycles. The van der Waals surface area contributed by atoms with Gasteiger partial charge in [0.15, 0.2) is 0 Å². The second-order valence-electron chi connectivity index (χ2n) is 6.71. The lowest BCUT2D eigenvalue weighted by atomic mass is 10.2. The minimum absolute atomic E-state index is 0.177. The lowest BCUT2D eigenvalue weighted by Gasteiger charge is -2.23. The van der Waals surface area contributed by atoms with Crippen molar-refractivity contribution in [2.24, 2.45) is 0 Å². The van der Waals surface area contributed by atoms with Crippen LogP contribution in [0.25, 0.3) is 5.69 Å². The first kappa shape index (κ1) is 16.8. The summed E-state index contributed by atoms with van der Waals surface area (Å²) < 4.78 is 15.0. The fourth-order valence-corrected chi connectivity index (χ4v) is 3.47. The van der Waals surface area contributed by atoms with Gasteiger partial charge in [-0.25, -0.2) is 9.07 Å². The third-order valence-electron chi connectivity index (χ3n) is 4.89. The van der Waals surface area contributed by atoms with Crippen LogP contribution in [0.1, 0.15) is 12.0 Å². The number of anilines is 1. The molecule has 0 unspecified atom stereocenters. The van der Waals surface area contributed by atoms with Crippen LogP contribution < -0.4 is 4.90 Å². The van der Waals surface area contributed by atoms with Gasteiger partial charge in [0, 0.05) is 50.8 Å². The maximum atomic E-state index is 13.1. The van der Waals surface area contributed by atoms with Crippen molar-refractivity contribution in [1.29, 1.82) is 0 Å². The van der Waals surface area contributed by atoms with Gasteiger partial charge >= 0.3 is 0 Å². The highest BCUT2D eigenvalue weighted by molar-refractivity contribution is 5.46. The Balaban J connectivity index is 1.36.